The van der Waals surface area contributed by atoms with Crippen LogP contribution in [0.1, 0.15) is 5.69 Å². The summed E-state index contributed by atoms with van der Waals surface area (Å²) in [6.45, 7) is 0.0363. The summed E-state index contributed by atoms with van der Waals surface area (Å²) in [4.78, 5) is 3.06. The van der Waals surface area contributed by atoms with Crippen LogP contribution in [0.4, 0.5) is 5.69 Å². The summed E-state index contributed by atoms with van der Waals surface area (Å²) in [5, 5.41) is 9.92. The molecule has 0 aliphatic rings. The first kappa shape index (κ1) is 7.18. The first-order chi connectivity index (χ1) is 5.79. The first-order valence-corrected chi connectivity index (χ1v) is 3.77. The van der Waals surface area contributed by atoms with Crippen molar-refractivity contribution in [1.29, 1.82) is 0 Å². The van der Waals surface area contributed by atoms with E-state index in [1.54, 1.807) is 0 Å². The standard InChI is InChI=1S/C9H10N2O/c10-7-2-1-6-3-8(5-12)11-9(6)4-7/h1-4,11-12H,5,10H2. The van der Waals surface area contributed by atoms with E-state index in [1.807, 2.05) is 24.3 Å². The minimum absolute atomic E-state index is 0.0363. The molecule has 0 radical (unpaired) electrons. The molecule has 0 fully saturated rings. The lowest BCUT2D eigenvalue weighted by molar-refractivity contribution is 0.278. The van der Waals surface area contributed by atoms with Crippen LogP contribution < -0.4 is 5.73 Å². The summed E-state index contributed by atoms with van der Waals surface area (Å²) in [6, 6.07) is 7.54. The van der Waals surface area contributed by atoms with Crippen LogP contribution in [-0.4, -0.2) is 10.1 Å². The van der Waals surface area contributed by atoms with Gasteiger partial charge >= 0.3 is 0 Å². The molecule has 2 rings (SSSR count). The van der Waals surface area contributed by atoms with Gasteiger partial charge in [0.1, 0.15) is 0 Å². The number of hydrogen-bond acceptors (Lipinski definition) is 2. The molecule has 0 saturated heterocycles. The van der Waals surface area contributed by atoms with Crippen LogP contribution in [0.2, 0.25) is 0 Å². The van der Waals surface area contributed by atoms with Gasteiger partial charge in [-0.05, 0) is 23.6 Å². The number of nitrogens with one attached hydrogen (secondary N) is 1. The summed E-state index contributed by atoms with van der Waals surface area (Å²) in [5.74, 6) is 0. The molecule has 0 unspecified atom stereocenters. The molecule has 12 heavy (non-hydrogen) atoms. The highest BCUT2D eigenvalue weighted by atomic mass is 16.3. The number of anilines is 1. The predicted octanol–water partition coefficient (Wildman–Crippen LogP) is 1.24. The Balaban J connectivity index is 2.67. The van der Waals surface area contributed by atoms with E-state index in [0.717, 1.165) is 22.3 Å². The minimum atomic E-state index is 0.0363. The number of nitrogens with two attached hydrogens (primary N) is 1. The lowest BCUT2D eigenvalue weighted by atomic mass is 10.2. The van der Waals surface area contributed by atoms with Crippen molar-refractivity contribution in [3.63, 3.8) is 0 Å². The van der Waals surface area contributed by atoms with E-state index >= 15 is 0 Å². The number of aliphatic hydroxyl groups excluding tert-OH is 1. The van der Waals surface area contributed by atoms with E-state index in [0.29, 0.717) is 0 Å². The van der Waals surface area contributed by atoms with Crippen molar-refractivity contribution in [2.45, 2.75) is 6.61 Å². The number of rotatable bonds is 1. The van der Waals surface area contributed by atoms with Gasteiger partial charge in [-0.25, -0.2) is 0 Å². The molecule has 2 aromatic rings. The maximum absolute atomic E-state index is 8.85. The lowest BCUT2D eigenvalue weighted by Gasteiger charge is -1.91. The number of fused-ring (bicyclic) bond motifs is 1. The maximum Gasteiger partial charge on any atom is 0.0831 e. The molecule has 0 saturated carbocycles. The van der Waals surface area contributed by atoms with E-state index in [9.17, 15) is 0 Å². The molecule has 0 aliphatic carbocycles. The molecule has 0 spiro atoms. The Morgan fingerprint density at radius 1 is 1.33 bits per heavy atom. The number of aromatic amines is 1. The van der Waals surface area contributed by atoms with Crippen molar-refractivity contribution in [3.8, 4) is 0 Å². The molecule has 0 atom stereocenters. The van der Waals surface area contributed by atoms with Crippen LogP contribution >= 0.6 is 0 Å². The van der Waals surface area contributed by atoms with Gasteiger partial charge in [0.25, 0.3) is 0 Å². The Labute approximate surface area is 69.8 Å². The zero-order chi connectivity index (χ0) is 8.55. The molecular formula is C9H10N2O. The van der Waals surface area contributed by atoms with Crippen molar-refractivity contribution >= 4 is 16.6 Å². The molecule has 0 amide bonds. The number of aromatic nitrogens is 1. The SMILES string of the molecule is Nc1ccc2cc(CO)[nH]c2c1. The average Bonchev–Trinajstić information content (AvgIpc) is 2.46. The van der Waals surface area contributed by atoms with Gasteiger partial charge in [-0.2, -0.15) is 0 Å². The van der Waals surface area contributed by atoms with Crippen LogP contribution in [-0.2, 0) is 6.61 Å². The van der Waals surface area contributed by atoms with Crippen LogP contribution in [0, 0.1) is 0 Å². The molecule has 4 N–H and O–H groups in total. The molecule has 0 bridgehead atoms. The Morgan fingerprint density at radius 3 is 2.92 bits per heavy atom. The van der Waals surface area contributed by atoms with Gasteiger partial charge in [0.15, 0.2) is 0 Å². The van der Waals surface area contributed by atoms with Crippen LogP contribution in [0.5, 0.6) is 0 Å². The van der Waals surface area contributed by atoms with Gasteiger partial charge in [-0.3, -0.25) is 0 Å². The fraction of sp³-hybridized carbons (Fsp3) is 0.111. The van der Waals surface area contributed by atoms with E-state index < -0.39 is 0 Å². The average molecular weight is 162 g/mol. The van der Waals surface area contributed by atoms with Gasteiger partial charge in [0.2, 0.25) is 0 Å². The molecule has 62 valence electrons. The van der Waals surface area contributed by atoms with Gasteiger partial charge < -0.3 is 15.8 Å². The Bertz CT molecular complexity index is 406. The van der Waals surface area contributed by atoms with E-state index in [2.05, 4.69) is 4.98 Å². The normalized spacial score (nSPS) is 10.8. The van der Waals surface area contributed by atoms with Gasteiger partial charge in [0, 0.05) is 16.9 Å². The summed E-state index contributed by atoms with van der Waals surface area (Å²) in [7, 11) is 0. The zero-order valence-corrected chi connectivity index (χ0v) is 6.54. The Morgan fingerprint density at radius 2 is 2.17 bits per heavy atom. The fourth-order valence-corrected chi connectivity index (χ4v) is 1.29. The molecule has 3 heteroatoms. The predicted molar refractivity (Wildman–Crippen MR) is 48.6 cm³/mol. The molecule has 1 heterocycles. The second kappa shape index (κ2) is 2.53. The van der Waals surface area contributed by atoms with Gasteiger partial charge in [0.05, 0.1) is 6.61 Å². The number of hydrogen-bond donors (Lipinski definition) is 3. The third-order valence-corrected chi connectivity index (χ3v) is 1.87. The molecule has 3 nitrogen and oxygen atoms in total. The number of nitrogen functional groups attached to an aromatic ring is 1. The smallest absolute Gasteiger partial charge is 0.0831 e. The summed E-state index contributed by atoms with van der Waals surface area (Å²) < 4.78 is 0. The molecule has 0 aliphatic heterocycles. The van der Waals surface area contributed by atoms with E-state index in [-0.39, 0.29) is 6.61 Å². The van der Waals surface area contributed by atoms with Crippen LogP contribution in [0.3, 0.4) is 0 Å². The summed E-state index contributed by atoms with van der Waals surface area (Å²) >= 11 is 0. The monoisotopic (exact) mass is 162 g/mol. The fourth-order valence-electron chi connectivity index (χ4n) is 1.29. The summed E-state index contributed by atoms with van der Waals surface area (Å²) in [5.41, 5.74) is 8.11. The number of aliphatic hydroxyl groups is 1. The van der Waals surface area contributed by atoms with Crippen LogP contribution in [0.15, 0.2) is 24.3 Å². The third-order valence-electron chi connectivity index (χ3n) is 1.87. The highest BCUT2D eigenvalue weighted by Crippen LogP contribution is 2.17. The third kappa shape index (κ3) is 1.04. The Kier molecular flexibility index (Phi) is 1.52. The zero-order valence-electron chi connectivity index (χ0n) is 6.54. The second-order valence-corrected chi connectivity index (χ2v) is 2.80. The van der Waals surface area contributed by atoms with Crippen molar-refractivity contribution in [2.24, 2.45) is 0 Å². The highest BCUT2D eigenvalue weighted by Gasteiger charge is 1.98. The minimum Gasteiger partial charge on any atom is -0.399 e. The number of benzene rings is 1. The Hall–Kier alpha value is -1.48. The maximum atomic E-state index is 8.85. The lowest BCUT2D eigenvalue weighted by Crippen LogP contribution is -1.82. The first-order valence-electron chi connectivity index (χ1n) is 3.77. The quantitative estimate of drug-likeness (QED) is 0.552. The van der Waals surface area contributed by atoms with Crippen molar-refractivity contribution in [2.75, 3.05) is 5.73 Å². The molecule has 1 aromatic carbocycles. The van der Waals surface area contributed by atoms with Gasteiger partial charge in [-0.15, -0.1) is 0 Å². The molecular weight excluding hydrogens is 152 g/mol. The number of H-pyrrole nitrogens is 1. The van der Waals surface area contributed by atoms with Crippen molar-refractivity contribution in [3.05, 3.63) is 30.0 Å². The second-order valence-electron chi connectivity index (χ2n) is 2.80. The molecule has 1 aromatic heterocycles. The highest BCUT2D eigenvalue weighted by molar-refractivity contribution is 5.83. The van der Waals surface area contributed by atoms with E-state index in [1.165, 1.54) is 0 Å². The summed E-state index contributed by atoms with van der Waals surface area (Å²) in [6.07, 6.45) is 0. The van der Waals surface area contributed by atoms with Gasteiger partial charge in [-0.1, -0.05) is 6.07 Å². The largest absolute Gasteiger partial charge is 0.399 e. The van der Waals surface area contributed by atoms with E-state index in [4.69, 9.17) is 10.8 Å². The van der Waals surface area contributed by atoms with Crippen molar-refractivity contribution in [1.82, 2.24) is 4.98 Å². The van der Waals surface area contributed by atoms with Crippen LogP contribution in [0.25, 0.3) is 10.9 Å². The van der Waals surface area contributed by atoms with Crippen molar-refractivity contribution < 1.29 is 5.11 Å². The topological polar surface area (TPSA) is 62.0 Å².